The molecule has 5 rings (SSSR count). The van der Waals surface area contributed by atoms with E-state index in [1.54, 1.807) is 0 Å². The minimum Gasteiger partial charge on any atom is -0.373 e. The van der Waals surface area contributed by atoms with Crippen LogP contribution < -0.4 is 16.0 Å². The van der Waals surface area contributed by atoms with Gasteiger partial charge >= 0.3 is 0 Å². The zero-order chi connectivity index (χ0) is 27.0. The van der Waals surface area contributed by atoms with Crippen LogP contribution in [0.2, 0.25) is 5.02 Å². The molecule has 0 spiro atoms. The lowest BCUT2D eigenvalue weighted by Gasteiger charge is -2.38. The number of aliphatic imine (C=N–C) groups is 1. The number of piperidine rings is 1. The van der Waals surface area contributed by atoms with Crippen LogP contribution in [0.3, 0.4) is 0 Å². The number of nitrogens with zero attached hydrogens (tertiary/aromatic N) is 5. The average Bonchev–Trinajstić information content (AvgIpc) is 3.34. The molecule has 1 amide bonds. The molecule has 0 radical (unpaired) electrons. The number of rotatable bonds is 9. The summed E-state index contributed by atoms with van der Waals surface area (Å²) in [4.78, 5) is 27.5. The number of halogens is 1. The number of benzene rings is 1. The largest absolute Gasteiger partial charge is 0.373 e. The van der Waals surface area contributed by atoms with E-state index in [-0.39, 0.29) is 12.2 Å². The number of carbonyl (C=O) groups is 1. The summed E-state index contributed by atoms with van der Waals surface area (Å²) in [6.07, 6.45) is 10.1. The van der Waals surface area contributed by atoms with Crippen LogP contribution in [0.15, 0.2) is 53.4 Å². The summed E-state index contributed by atoms with van der Waals surface area (Å²) in [6, 6.07) is 8.82. The van der Waals surface area contributed by atoms with Gasteiger partial charge in [0.2, 0.25) is 0 Å². The summed E-state index contributed by atoms with van der Waals surface area (Å²) in [6.45, 7) is 11.6. The number of carbonyl (C=O) groups excluding carboxylic acids is 1. The molecule has 1 atom stereocenters. The summed E-state index contributed by atoms with van der Waals surface area (Å²) in [5, 5.41) is 10.6. The first-order valence-corrected chi connectivity index (χ1v) is 14.8. The first-order valence-electron chi connectivity index (χ1n) is 14.4. The molecule has 1 unspecified atom stereocenters. The topological polar surface area (TPSA) is 78.5 Å². The van der Waals surface area contributed by atoms with Crippen LogP contribution in [-0.2, 0) is 11.3 Å². The van der Waals surface area contributed by atoms with Gasteiger partial charge in [-0.2, -0.15) is 0 Å². The monoisotopic (exact) mass is 554 g/mol. The lowest BCUT2D eigenvalue weighted by molar-refractivity contribution is -0.114. The molecule has 10 heteroatoms. The van der Waals surface area contributed by atoms with E-state index in [4.69, 9.17) is 16.6 Å². The van der Waals surface area contributed by atoms with Gasteiger partial charge in [0.05, 0.1) is 6.67 Å². The molecule has 4 aliphatic heterocycles. The molecule has 0 bridgehead atoms. The van der Waals surface area contributed by atoms with E-state index in [9.17, 15) is 4.79 Å². The third-order valence-electron chi connectivity index (χ3n) is 8.15. The Morgan fingerprint density at radius 3 is 2.69 bits per heavy atom. The molecule has 39 heavy (non-hydrogen) atoms. The van der Waals surface area contributed by atoms with Crippen molar-refractivity contribution in [3.63, 3.8) is 0 Å². The number of hydrogen-bond acceptors (Lipinski definition) is 8. The lowest BCUT2D eigenvalue weighted by atomic mass is 10.0. The molecule has 3 N–H and O–H groups in total. The van der Waals surface area contributed by atoms with Gasteiger partial charge in [0, 0.05) is 68.4 Å². The zero-order valence-electron chi connectivity index (χ0n) is 23.1. The number of nitrogens with one attached hydrogen (secondary N) is 3. The fraction of sp³-hybridized carbons (Fsp3) is 0.586. The molecule has 212 valence electrons. The van der Waals surface area contributed by atoms with Crippen LogP contribution in [0.5, 0.6) is 0 Å². The van der Waals surface area contributed by atoms with Gasteiger partial charge in [-0.1, -0.05) is 29.8 Å². The van der Waals surface area contributed by atoms with E-state index in [2.05, 4.69) is 47.7 Å². The zero-order valence-corrected chi connectivity index (χ0v) is 23.9. The van der Waals surface area contributed by atoms with Crippen molar-refractivity contribution in [2.75, 3.05) is 59.0 Å². The maximum atomic E-state index is 12.9. The fourth-order valence-electron chi connectivity index (χ4n) is 5.94. The molecule has 2 saturated heterocycles. The van der Waals surface area contributed by atoms with Crippen molar-refractivity contribution < 1.29 is 4.79 Å². The number of hydrogen-bond donors (Lipinski definition) is 3. The van der Waals surface area contributed by atoms with Gasteiger partial charge in [0.15, 0.2) is 6.29 Å². The van der Waals surface area contributed by atoms with E-state index in [1.165, 1.54) is 18.4 Å². The molecular weight excluding hydrogens is 512 g/mol. The maximum Gasteiger partial charge on any atom is 0.269 e. The molecule has 1 aromatic carbocycles. The second-order valence-corrected chi connectivity index (χ2v) is 11.4. The van der Waals surface area contributed by atoms with Gasteiger partial charge in [-0.25, -0.2) is 4.99 Å². The molecule has 9 nitrogen and oxygen atoms in total. The SMILES string of the molecule is CC1=CC(C(=O)NCCCN2C=CNC2)=NC(N2CCCN(C3CCN(Cc4ccccc4Cl)CC3)CC2)N1. The Kier molecular flexibility index (Phi) is 9.79. The van der Waals surface area contributed by atoms with E-state index in [1.807, 2.05) is 37.5 Å². The molecule has 2 fully saturated rings. The van der Waals surface area contributed by atoms with Crippen molar-refractivity contribution in [3.05, 3.63) is 59.0 Å². The van der Waals surface area contributed by atoms with Crippen LogP contribution in [-0.4, -0.2) is 103 Å². The van der Waals surface area contributed by atoms with Crippen molar-refractivity contribution in [2.45, 2.75) is 51.5 Å². The van der Waals surface area contributed by atoms with Crippen molar-refractivity contribution >= 4 is 23.2 Å². The van der Waals surface area contributed by atoms with Crippen LogP contribution in [0.4, 0.5) is 0 Å². The highest BCUT2D eigenvalue weighted by Crippen LogP contribution is 2.23. The predicted molar refractivity (Wildman–Crippen MR) is 157 cm³/mol. The van der Waals surface area contributed by atoms with E-state index >= 15 is 0 Å². The van der Waals surface area contributed by atoms with Gasteiger partial charge in [-0.3, -0.25) is 19.5 Å². The second kappa shape index (κ2) is 13.7. The molecule has 0 saturated carbocycles. The normalized spacial score (nSPS) is 23.5. The Morgan fingerprint density at radius 1 is 1.10 bits per heavy atom. The van der Waals surface area contributed by atoms with Crippen LogP contribution in [0.1, 0.15) is 38.2 Å². The molecule has 4 heterocycles. The highest BCUT2D eigenvalue weighted by Gasteiger charge is 2.29. The first-order chi connectivity index (χ1) is 19.0. The smallest absolute Gasteiger partial charge is 0.269 e. The van der Waals surface area contributed by atoms with Crippen molar-refractivity contribution in [2.24, 2.45) is 4.99 Å². The van der Waals surface area contributed by atoms with Crippen LogP contribution >= 0.6 is 11.6 Å². The Hall–Kier alpha value is -2.59. The Bertz CT molecular complexity index is 1070. The molecule has 0 aliphatic carbocycles. The highest BCUT2D eigenvalue weighted by molar-refractivity contribution is 6.43. The third kappa shape index (κ3) is 7.75. The summed E-state index contributed by atoms with van der Waals surface area (Å²) in [5.74, 6) is -0.0871. The second-order valence-electron chi connectivity index (χ2n) is 11.0. The first kappa shape index (κ1) is 28.0. The Labute approximate surface area is 237 Å². The van der Waals surface area contributed by atoms with E-state index in [0.717, 1.165) is 82.6 Å². The van der Waals surface area contributed by atoms with Gasteiger partial charge in [0.25, 0.3) is 5.91 Å². The maximum absolute atomic E-state index is 12.9. The standard InChI is InChI=1S/C29H43ClN8O/c1-23-20-27(28(39)32-10-4-12-36-17-11-31-22-36)34-29(33-23)38-14-5-13-37(18-19-38)25-8-15-35(16-9-25)21-24-6-2-3-7-26(24)30/h2-3,6-7,11,17,20,25,29,31,33H,4-5,8-10,12-16,18-19,21-22H2,1H3,(H,32,39). The lowest BCUT2D eigenvalue weighted by Crippen LogP contribution is -2.49. The quantitative estimate of drug-likeness (QED) is 0.405. The summed E-state index contributed by atoms with van der Waals surface area (Å²) in [5.41, 5.74) is 2.73. The Morgan fingerprint density at radius 2 is 1.90 bits per heavy atom. The highest BCUT2D eigenvalue weighted by atomic mass is 35.5. The summed E-state index contributed by atoms with van der Waals surface area (Å²) in [7, 11) is 0. The molecule has 0 aromatic heterocycles. The van der Waals surface area contributed by atoms with Gasteiger partial charge < -0.3 is 20.9 Å². The molecule has 1 aromatic rings. The molecular formula is C29H43ClN8O. The van der Waals surface area contributed by atoms with E-state index < -0.39 is 0 Å². The minimum atomic E-state index is -0.186. The van der Waals surface area contributed by atoms with Gasteiger partial charge in [-0.15, -0.1) is 0 Å². The van der Waals surface area contributed by atoms with Crippen molar-refractivity contribution in [1.82, 2.24) is 35.6 Å². The fourth-order valence-corrected chi connectivity index (χ4v) is 6.13. The van der Waals surface area contributed by atoms with Crippen molar-refractivity contribution in [1.29, 1.82) is 0 Å². The Balaban J connectivity index is 1.07. The average molecular weight is 555 g/mol. The number of amides is 1. The minimum absolute atomic E-state index is 0.0871. The third-order valence-corrected chi connectivity index (χ3v) is 8.51. The van der Waals surface area contributed by atoms with Gasteiger partial charge in [0.1, 0.15) is 5.71 Å². The van der Waals surface area contributed by atoms with Crippen LogP contribution in [0.25, 0.3) is 0 Å². The predicted octanol–water partition coefficient (Wildman–Crippen LogP) is 2.38. The number of allylic oxidation sites excluding steroid dienone is 1. The summed E-state index contributed by atoms with van der Waals surface area (Å²) >= 11 is 6.39. The number of likely N-dealkylation sites (tertiary alicyclic amines) is 1. The van der Waals surface area contributed by atoms with Gasteiger partial charge in [-0.05, 0) is 69.9 Å². The molecule has 4 aliphatic rings. The van der Waals surface area contributed by atoms with Crippen LogP contribution in [0, 0.1) is 0 Å². The summed E-state index contributed by atoms with van der Waals surface area (Å²) < 4.78 is 0. The van der Waals surface area contributed by atoms with Crippen molar-refractivity contribution in [3.8, 4) is 0 Å². The van der Waals surface area contributed by atoms with E-state index in [0.29, 0.717) is 18.3 Å².